The van der Waals surface area contributed by atoms with Crippen LogP contribution in [0.2, 0.25) is 0 Å². The first kappa shape index (κ1) is 16.8. The molecule has 1 saturated carbocycles. The van der Waals surface area contributed by atoms with Crippen LogP contribution in [0, 0.1) is 0 Å². The first-order valence-corrected chi connectivity index (χ1v) is 9.33. The summed E-state index contributed by atoms with van der Waals surface area (Å²) in [7, 11) is 0. The molecule has 26 heavy (non-hydrogen) atoms. The van der Waals surface area contributed by atoms with Gasteiger partial charge in [0.1, 0.15) is 11.9 Å². The Morgan fingerprint density at radius 1 is 1.19 bits per heavy atom. The molecule has 0 bridgehead atoms. The molecule has 4 rings (SSSR count). The molecule has 2 aromatic rings. The summed E-state index contributed by atoms with van der Waals surface area (Å²) >= 11 is 0. The van der Waals surface area contributed by atoms with Gasteiger partial charge >= 0.3 is 6.03 Å². The van der Waals surface area contributed by atoms with Gasteiger partial charge in [-0.05, 0) is 38.2 Å². The van der Waals surface area contributed by atoms with Crippen molar-refractivity contribution in [2.45, 2.75) is 64.3 Å². The van der Waals surface area contributed by atoms with Crippen LogP contribution in [0.5, 0.6) is 5.88 Å². The van der Waals surface area contributed by atoms with Crippen LogP contribution in [0.4, 0.5) is 4.79 Å². The van der Waals surface area contributed by atoms with Crippen LogP contribution in [0.25, 0.3) is 0 Å². The van der Waals surface area contributed by atoms with Crippen LogP contribution < -0.4 is 15.4 Å². The number of rotatable bonds is 6. The minimum Gasteiger partial charge on any atom is -0.474 e. The Balaban J connectivity index is 1.28. The highest BCUT2D eigenvalue weighted by Crippen LogP contribution is 2.24. The van der Waals surface area contributed by atoms with Crippen LogP contribution >= 0.6 is 0 Å². The lowest BCUT2D eigenvalue weighted by atomic mass is 10.2. The van der Waals surface area contributed by atoms with Crippen molar-refractivity contribution < 1.29 is 9.53 Å². The number of ether oxygens (including phenoxy) is 1. The van der Waals surface area contributed by atoms with Crippen molar-refractivity contribution in [2.24, 2.45) is 0 Å². The van der Waals surface area contributed by atoms with Crippen molar-refractivity contribution >= 4 is 6.03 Å². The molecule has 138 valence electrons. The first-order valence-electron chi connectivity index (χ1n) is 9.33. The van der Waals surface area contributed by atoms with E-state index in [2.05, 4.69) is 30.4 Å². The van der Waals surface area contributed by atoms with Gasteiger partial charge in [0.25, 0.3) is 0 Å². The van der Waals surface area contributed by atoms with Crippen molar-refractivity contribution in [1.82, 2.24) is 30.4 Å². The van der Waals surface area contributed by atoms with Crippen LogP contribution in [0.15, 0.2) is 18.3 Å². The van der Waals surface area contributed by atoms with E-state index in [4.69, 9.17) is 4.74 Å². The van der Waals surface area contributed by atoms with Gasteiger partial charge in [-0.25, -0.2) is 9.78 Å². The highest BCUT2D eigenvalue weighted by molar-refractivity contribution is 5.73. The normalized spacial score (nSPS) is 16.5. The van der Waals surface area contributed by atoms with Crippen molar-refractivity contribution in [1.29, 1.82) is 0 Å². The molecule has 8 heteroatoms. The summed E-state index contributed by atoms with van der Waals surface area (Å²) in [4.78, 5) is 16.5. The molecule has 8 nitrogen and oxygen atoms in total. The van der Waals surface area contributed by atoms with Gasteiger partial charge in [0, 0.05) is 31.3 Å². The van der Waals surface area contributed by atoms with E-state index in [1.807, 2.05) is 12.1 Å². The summed E-state index contributed by atoms with van der Waals surface area (Å²) in [5.74, 6) is 2.43. The lowest BCUT2D eigenvalue weighted by Crippen LogP contribution is -2.35. The summed E-state index contributed by atoms with van der Waals surface area (Å²) in [6, 6.07) is 3.55. The van der Waals surface area contributed by atoms with Gasteiger partial charge in [-0.3, -0.25) is 0 Å². The molecule has 2 aromatic heterocycles. The molecule has 0 radical (unpaired) electrons. The Kier molecular flexibility index (Phi) is 4.99. The number of urea groups is 1. The van der Waals surface area contributed by atoms with Crippen LogP contribution in [0.3, 0.4) is 0 Å². The molecule has 1 aliphatic carbocycles. The van der Waals surface area contributed by atoms with E-state index in [0.717, 1.165) is 49.4 Å². The number of nitrogens with one attached hydrogen (secondary N) is 2. The minimum absolute atomic E-state index is 0.240. The second-order valence-corrected chi connectivity index (χ2v) is 6.82. The smallest absolute Gasteiger partial charge is 0.315 e. The fourth-order valence-electron chi connectivity index (χ4n) is 3.57. The monoisotopic (exact) mass is 356 g/mol. The highest BCUT2D eigenvalue weighted by atomic mass is 16.5. The van der Waals surface area contributed by atoms with E-state index in [-0.39, 0.29) is 12.1 Å². The summed E-state index contributed by atoms with van der Waals surface area (Å²) in [6.45, 7) is 1.68. The number of nitrogens with zero attached hydrogens (tertiary/aromatic N) is 4. The Bertz CT molecular complexity index is 769. The van der Waals surface area contributed by atoms with Crippen molar-refractivity contribution in [3.63, 3.8) is 0 Å². The standard InChI is InChI=1S/C18H24N6O2/c25-18(21-12-16-23-22-15-8-4-10-24(15)16)20-11-13-5-3-9-19-17(13)26-14-6-1-2-7-14/h3,5,9,14H,1-2,4,6-8,10-12H2,(H2,20,21,25). The van der Waals surface area contributed by atoms with E-state index < -0.39 is 0 Å². The number of hydrogen-bond donors (Lipinski definition) is 2. The zero-order valence-corrected chi connectivity index (χ0v) is 14.8. The van der Waals surface area contributed by atoms with Crippen molar-refractivity contribution in [3.05, 3.63) is 35.5 Å². The Morgan fingerprint density at radius 3 is 2.92 bits per heavy atom. The van der Waals surface area contributed by atoms with Gasteiger partial charge in [-0.2, -0.15) is 0 Å². The molecule has 0 atom stereocenters. The summed E-state index contributed by atoms with van der Waals surface area (Å²) in [5.41, 5.74) is 0.887. The van der Waals surface area contributed by atoms with Gasteiger partial charge in [-0.15, -0.1) is 10.2 Å². The third kappa shape index (κ3) is 3.79. The Labute approximate surface area is 152 Å². The molecular formula is C18H24N6O2. The van der Waals surface area contributed by atoms with Crippen LogP contribution in [0.1, 0.15) is 49.3 Å². The average molecular weight is 356 g/mol. The van der Waals surface area contributed by atoms with Crippen molar-refractivity contribution in [2.75, 3.05) is 0 Å². The number of fused-ring (bicyclic) bond motifs is 1. The molecule has 1 fully saturated rings. The fourth-order valence-corrected chi connectivity index (χ4v) is 3.57. The van der Waals surface area contributed by atoms with E-state index >= 15 is 0 Å². The maximum atomic E-state index is 12.1. The lowest BCUT2D eigenvalue weighted by Gasteiger charge is -2.15. The van der Waals surface area contributed by atoms with Crippen molar-refractivity contribution in [3.8, 4) is 5.88 Å². The minimum atomic E-state index is -0.240. The third-order valence-corrected chi connectivity index (χ3v) is 4.96. The largest absolute Gasteiger partial charge is 0.474 e. The Morgan fingerprint density at radius 2 is 2.04 bits per heavy atom. The third-order valence-electron chi connectivity index (χ3n) is 4.96. The highest BCUT2D eigenvalue weighted by Gasteiger charge is 2.19. The summed E-state index contributed by atoms with van der Waals surface area (Å²) in [5, 5.41) is 14.0. The fraction of sp³-hybridized carbons (Fsp3) is 0.556. The maximum Gasteiger partial charge on any atom is 0.315 e. The molecule has 1 aliphatic heterocycles. The topological polar surface area (TPSA) is 94.0 Å². The number of aryl methyl sites for hydroxylation is 1. The molecule has 2 aliphatic rings. The summed E-state index contributed by atoms with van der Waals surface area (Å²) < 4.78 is 8.08. The lowest BCUT2D eigenvalue weighted by molar-refractivity contribution is 0.198. The molecule has 3 heterocycles. The van der Waals surface area contributed by atoms with E-state index in [1.54, 1.807) is 6.20 Å². The molecular weight excluding hydrogens is 332 g/mol. The zero-order valence-electron chi connectivity index (χ0n) is 14.8. The maximum absolute atomic E-state index is 12.1. The van der Waals surface area contributed by atoms with Gasteiger partial charge in [0.2, 0.25) is 5.88 Å². The van der Waals surface area contributed by atoms with Gasteiger partial charge in [-0.1, -0.05) is 6.07 Å². The number of carbonyl (C=O) groups excluding carboxylic acids is 1. The van der Waals surface area contributed by atoms with E-state index in [0.29, 0.717) is 19.0 Å². The zero-order chi connectivity index (χ0) is 17.8. The quantitative estimate of drug-likeness (QED) is 0.825. The number of aromatic nitrogens is 4. The molecule has 0 unspecified atom stereocenters. The average Bonchev–Trinajstić information content (AvgIpc) is 3.38. The SMILES string of the molecule is O=C(NCc1cccnc1OC1CCCC1)NCc1nnc2n1CCC2. The second kappa shape index (κ2) is 7.72. The van der Waals surface area contributed by atoms with Gasteiger partial charge in [0.15, 0.2) is 5.82 Å². The second-order valence-electron chi connectivity index (χ2n) is 6.82. The van der Waals surface area contributed by atoms with Crippen LogP contribution in [-0.2, 0) is 26.1 Å². The predicted molar refractivity (Wildman–Crippen MR) is 94.5 cm³/mol. The molecule has 2 N–H and O–H groups in total. The van der Waals surface area contributed by atoms with Crippen LogP contribution in [-0.4, -0.2) is 31.9 Å². The molecule has 0 spiro atoms. The number of carbonyl (C=O) groups is 1. The molecule has 0 aromatic carbocycles. The van der Waals surface area contributed by atoms with E-state index in [9.17, 15) is 4.79 Å². The molecule has 2 amide bonds. The number of pyridine rings is 1. The predicted octanol–water partition coefficient (Wildman–Crippen LogP) is 1.94. The van der Waals surface area contributed by atoms with E-state index in [1.165, 1.54) is 12.8 Å². The first-order chi connectivity index (χ1) is 12.8. The Hall–Kier alpha value is -2.64. The molecule has 0 saturated heterocycles. The summed E-state index contributed by atoms with van der Waals surface area (Å²) in [6.07, 6.45) is 8.59. The number of amides is 2. The van der Waals surface area contributed by atoms with Gasteiger partial charge < -0.3 is 19.9 Å². The number of hydrogen-bond acceptors (Lipinski definition) is 5. The van der Waals surface area contributed by atoms with Gasteiger partial charge in [0.05, 0.1) is 6.54 Å².